The third-order valence-electron chi connectivity index (χ3n) is 6.34. The van der Waals surface area contributed by atoms with Crippen molar-refractivity contribution < 1.29 is 4.79 Å². The Bertz CT molecular complexity index is 1230. The summed E-state index contributed by atoms with van der Waals surface area (Å²) in [6, 6.07) is 24.4. The fraction of sp³-hybridized carbons (Fsp3) is 0.222. The molecule has 0 aromatic heterocycles. The Hall–Kier alpha value is -4.09. The lowest BCUT2D eigenvalue weighted by molar-refractivity contribution is 0.254. The van der Waals surface area contributed by atoms with Crippen LogP contribution in [-0.2, 0) is 0 Å². The van der Waals surface area contributed by atoms with Crippen molar-refractivity contribution in [2.24, 2.45) is 0 Å². The molecule has 5 heteroatoms. The minimum Gasteiger partial charge on any atom is -0.286 e. The number of amides is 2. The zero-order valence-electron chi connectivity index (χ0n) is 18.4. The van der Waals surface area contributed by atoms with Crippen molar-refractivity contribution in [3.8, 4) is 6.07 Å². The van der Waals surface area contributed by atoms with E-state index in [1.165, 1.54) is 0 Å². The van der Waals surface area contributed by atoms with E-state index in [4.69, 9.17) is 6.57 Å². The van der Waals surface area contributed by atoms with Gasteiger partial charge in [0.25, 0.3) is 0 Å². The van der Waals surface area contributed by atoms with E-state index in [0.29, 0.717) is 11.3 Å². The van der Waals surface area contributed by atoms with Crippen LogP contribution in [0.3, 0.4) is 0 Å². The molecule has 2 atom stereocenters. The predicted octanol–water partition coefficient (Wildman–Crippen LogP) is 6.77. The topological polar surface area (TPSA) is 51.7 Å². The molecule has 1 aliphatic rings. The van der Waals surface area contributed by atoms with Gasteiger partial charge in [0.1, 0.15) is 0 Å². The van der Waals surface area contributed by atoms with Gasteiger partial charge in [0, 0.05) is 11.4 Å². The van der Waals surface area contributed by atoms with E-state index < -0.39 is 5.54 Å². The van der Waals surface area contributed by atoms with Gasteiger partial charge in [0.2, 0.25) is 0 Å². The number of benzene rings is 3. The quantitative estimate of drug-likeness (QED) is 0.437. The summed E-state index contributed by atoms with van der Waals surface area (Å²) in [4.78, 5) is 21.2. The molecule has 3 aromatic carbocycles. The monoisotopic (exact) mass is 420 g/mol. The van der Waals surface area contributed by atoms with Crippen molar-refractivity contribution in [1.29, 1.82) is 5.26 Å². The molecule has 0 saturated carbocycles. The van der Waals surface area contributed by atoms with Crippen LogP contribution in [0, 0.1) is 24.8 Å². The van der Waals surface area contributed by atoms with Crippen molar-refractivity contribution in [1.82, 2.24) is 0 Å². The van der Waals surface area contributed by atoms with E-state index in [1.807, 2.05) is 40.1 Å². The van der Waals surface area contributed by atoms with Crippen LogP contribution in [0.2, 0.25) is 0 Å². The Morgan fingerprint density at radius 3 is 2.28 bits per heavy atom. The van der Waals surface area contributed by atoms with Crippen LogP contribution in [0.25, 0.3) is 4.85 Å². The zero-order valence-corrected chi connectivity index (χ0v) is 18.4. The van der Waals surface area contributed by atoms with E-state index in [1.54, 1.807) is 24.3 Å². The first kappa shape index (κ1) is 21.2. The van der Waals surface area contributed by atoms with Gasteiger partial charge in [0.05, 0.1) is 29.8 Å². The van der Waals surface area contributed by atoms with Crippen LogP contribution in [0.5, 0.6) is 0 Å². The third kappa shape index (κ3) is 3.39. The second kappa shape index (κ2) is 8.21. The summed E-state index contributed by atoms with van der Waals surface area (Å²) in [6.07, 6.45) is 0.730. The molecule has 4 rings (SSSR count). The molecule has 0 N–H and O–H groups in total. The van der Waals surface area contributed by atoms with Gasteiger partial charge in [-0.25, -0.2) is 9.64 Å². The molecule has 0 radical (unpaired) electrons. The van der Waals surface area contributed by atoms with Crippen LogP contribution in [-0.4, -0.2) is 11.6 Å². The van der Waals surface area contributed by atoms with Crippen molar-refractivity contribution in [2.75, 3.05) is 9.80 Å². The highest BCUT2D eigenvalue weighted by molar-refractivity contribution is 6.08. The number of rotatable bonds is 4. The lowest BCUT2D eigenvalue weighted by Gasteiger charge is -2.38. The second-order valence-corrected chi connectivity index (χ2v) is 8.30. The van der Waals surface area contributed by atoms with Crippen LogP contribution in [0.4, 0.5) is 21.9 Å². The number of hydrogen-bond donors (Lipinski definition) is 0. The van der Waals surface area contributed by atoms with Crippen molar-refractivity contribution >= 4 is 23.1 Å². The average molecular weight is 421 g/mol. The zero-order chi connectivity index (χ0) is 22.9. The highest BCUT2D eigenvalue weighted by Gasteiger charge is 2.55. The SMILES string of the molecule is [C-]#[N+]c1ccc(N2C(=O)N(c3ccc(C#N)cc3)[C@@](C)(CC)[C@H]2c2cccc(C)c2)cc1. The maximum absolute atomic E-state index is 14.0. The lowest BCUT2D eigenvalue weighted by Crippen LogP contribution is -2.45. The first-order valence-corrected chi connectivity index (χ1v) is 10.6. The maximum atomic E-state index is 14.0. The van der Waals surface area contributed by atoms with Crippen LogP contribution in [0.1, 0.15) is 43.0 Å². The highest BCUT2D eigenvalue weighted by Crippen LogP contribution is 2.49. The Kier molecular flexibility index (Phi) is 5.43. The molecule has 5 nitrogen and oxygen atoms in total. The van der Waals surface area contributed by atoms with Crippen LogP contribution in [0.15, 0.2) is 72.8 Å². The number of urea groups is 1. The van der Waals surface area contributed by atoms with Gasteiger partial charge in [-0.05, 0) is 62.2 Å². The number of aryl methyl sites for hydroxylation is 1. The molecule has 1 fully saturated rings. The summed E-state index contributed by atoms with van der Waals surface area (Å²) in [5.41, 5.74) is 4.27. The Balaban J connectivity index is 1.92. The Morgan fingerprint density at radius 2 is 1.72 bits per heavy atom. The van der Waals surface area contributed by atoms with Crippen molar-refractivity contribution in [3.63, 3.8) is 0 Å². The second-order valence-electron chi connectivity index (χ2n) is 8.30. The van der Waals surface area contributed by atoms with E-state index in [9.17, 15) is 10.1 Å². The first-order chi connectivity index (χ1) is 15.4. The molecule has 0 spiro atoms. The van der Waals surface area contributed by atoms with Gasteiger partial charge >= 0.3 is 6.03 Å². The maximum Gasteiger partial charge on any atom is 0.330 e. The predicted molar refractivity (Wildman–Crippen MR) is 127 cm³/mol. The van der Waals surface area contributed by atoms with Gasteiger partial charge in [-0.15, -0.1) is 0 Å². The molecule has 3 aromatic rings. The smallest absolute Gasteiger partial charge is 0.286 e. The number of anilines is 2. The summed E-state index contributed by atoms with van der Waals surface area (Å²) < 4.78 is 0. The Labute approximate surface area is 189 Å². The van der Waals surface area contributed by atoms with E-state index in [0.717, 1.165) is 28.9 Å². The number of hydrogen-bond acceptors (Lipinski definition) is 2. The minimum atomic E-state index is -0.530. The molecule has 1 aliphatic heterocycles. The van der Waals surface area contributed by atoms with Gasteiger partial charge in [0.15, 0.2) is 5.69 Å². The van der Waals surface area contributed by atoms with E-state index >= 15 is 0 Å². The third-order valence-corrected chi connectivity index (χ3v) is 6.34. The fourth-order valence-electron chi connectivity index (χ4n) is 4.57. The van der Waals surface area contributed by atoms with Crippen molar-refractivity contribution in [3.05, 3.63) is 101 Å². The molecular formula is C27H24N4O. The normalized spacial score (nSPS) is 20.2. The molecule has 2 amide bonds. The minimum absolute atomic E-state index is 0.124. The molecule has 0 aliphatic carbocycles. The van der Waals surface area contributed by atoms with Gasteiger partial charge in [-0.3, -0.25) is 9.80 Å². The lowest BCUT2D eigenvalue weighted by atomic mass is 9.83. The molecule has 1 heterocycles. The van der Waals surface area contributed by atoms with Crippen LogP contribution < -0.4 is 9.80 Å². The number of nitrogens with zero attached hydrogens (tertiary/aromatic N) is 4. The number of carbonyl (C=O) groups is 1. The summed E-state index contributed by atoms with van der Waals surface area (Å²) in [6.45, 7) is 13.5. The van der Waals surface area contributed by atoms with Gasteiger partial charge in [-0.1, -0.05) is 48.9 Å². The van der Waals surface area contributed by atoms with E-state index in [-0.39, 0.29) is 12.1 Å². The molecule has 0 unspecified atom stereocenters. The van der Waals surface area contributed by atoms with Crippen LogP contribution >= 0.6 is 0 Å². The summed E-state index contributed by atoms with van der Waals surface area (Å²) in [5, 5.41) is 9.19. The summed E-state index contributed by atoms with van der Waals surface area (Å²) in [7, 11) is 0. The highest BCUT2D eigenvalue weighted by atomic mass is 16.2. The van der Waals surface area contributed by atoms with Crippen molar-refractivity contribution in [2.45, 2.75) is 38.8 Å². The molecular weight excluding hydrogens is 396 g/mol. The average Bonchev–Trinajstić information content (AvgIpc) is 3.06. The summed E-state index contributed by atoms with van der Waals surface area (Å²) in [5.74, 6) is 0. The number of carbonyl (C=O) groups excluding carboxylic acids is 1. The molecule has 0 bridgehead atoms. The molecule has 32 heavy (non-hydrogen) atoms. The van der Waals surface area contributed by atoms with Gasteiger partial charge in [-0.2, -0.15) is 5.26 Å². The molecule has 1 saturated heterocycles. The van der Waals surface area contributed by atoms with Gasteiger partial charge < -0.3 is 0 Å². The largest absolute Gasteiger partial charge is 0.330 e. The van der Waals surface area contributed by atoms with E-state index in [2.05, 4.69) is 49.9 Å². The summed E-state index contributed by atoms with van der Waals surface area (Å²) >= 11 is 0. The Morgan fingerprint density at radius 1 is 1.06 bits per heavy atom. The molecule has 158 valence electrons. The first-order valence-electron chi connectivity index (χ1n) is 10.6. The standard InChI is InChI=1S/C27H24N4O/c1-5-27(3)25(21-8-6-7-19(2)17-21)30(23-15-11-22(29-4)12-16-23)26(32)31(27)24-13-9-20(18-28)10-14-24/h6-17,25H,5H2,1-3H3/t25-,27+/m1/s1. The fourth-order valence-corrected chi connectivity index (χ4v) is 4.57. The number of nitriles is 1.